The molecule has 0 N–H and O–H groups in total. The summed E-state index contributed by atoms with van der Waals surface area (Å²) in [5, 5.41) is 0.497. The first-order valence-corrected chi connectivity index (χ1v) is 7.69. The number of para-hydroxylation sites is 1. The molecule has 0 bridgehead atoms. The molecule has 3 nitrogen and oxygen atoms in total. The number of nitrogens with zero attached hydrogens (tertiary/aromatic N) is 2. The standard InChI is InChI=1S/C15H9ClN2OS2/c16-11-5-1-2-6-12(11)18-14(19)13(21-15(18)20)8-10-4-3-7-17-9-10/h1-9H. The third-order valence-corrected chi connectivity index (χ3v) is 4.49. The summed E-state index contributed by atoms with van der Waals surface area (Å²) in [5.74, 6) is -0.165. The summed E-state index contributed by atoms with van der Waals surface area (Å²) in [7, 11) is 0. The molecule has 0 unspecified atom stereocenters. The number of thioether (sulfide) groups is 1. The fourth-order valence-electron chi connectivity index (χ4n) is 1.92. The van der Waals surface area contributed by atoms with E-state index in [0.29, 0.717) is 19.9 Å². The van der Waals surface area contributed by atoms with Crippen molar-refractivity contribution in [3.05, 3.63) is 64.3 Å². The molecule has 1 amide bonds. The highest BCUT2D eigenvalue weighted by Gasteiger charge is 2.34. The van der Waals surface area contributed by atoms with Gasteiger partial charge in [-0.25, -0.2) is 0 Å². The van der Waals surface area contributed by atoms with Gasteiger partial charge in [0.2, 0.25) is 0 Å². The molecule has 0 radical (unpaired) electrons. The van der Waals surface area contributed by atoms with E-state index in [0.717, 1.165) is 5.56 Å². The molecular formula is C15H9ClN2OS2. The first kappa shape index (κ1) is 14.3. The second-order valence-electron chi connectivity index (χ2n) is 4.25. The quantitative estimate of drug-likeness (QED) is 0.611. The first-order valence-electron chi connectivity index (χ1n) is 6.09. The lowest BCUT2D eigenvalue weighted by molar-refractivity contribution is -0.113. The third-order valence-electron chi connectivity index (χ3n) is 2.87. The summed E-state index contributed by atoms with van der Waals surface area (Å²) in [6, 6.07) is 10.9. The average molecular weight is 333 g/mol. The lowest BCUT2D eigenvalue weighted by Gasteiger charge is -2.15. The van der Waals surface area contributed by atoms with Crippen LogP contribution in [0, 0.1) is 0 Å². The number of thiocarbonyl (C=S) groups is 1. The van der Waals surface area contributed by atoms with Gasteiger partial charge in [0.1, 0.15) is 0 Å². The van der Waals surface area contributed by atoms with Gasteiger partial charge in [0.15, 0.2) is 4.32 Å². The van der Waals surface area contributed by atoms with E-state index in [1.54, 1.807) is 30.6 Å². The van der Waals surface area contributed by atoms with Crippen molar-refractivity contribution < 1.29 is 4.79 Å². The molecule has 0 aliphatic carbocycles. The zero-order valence-electron chi connectivity index (χ0n) is 10.7. The molecule has 21 heavy (non-hydrogen) atoms. The summed E-state index contributed by atoms with van der Waals surface area (Å²) in [6.45, 7) is 0. The number of carbonyl (C=O) groups excluding carboxylic acids is 1. The van der Waals surface area contributed by atoms with Crippen molar-refractivity contribution in [3.63, 3.8) is 0 Å². The number of amides is 1. The molecule has 1 fully saturated rings. The van der Waals surface area contributed by atoms with Gasteiger partial charge in [0, 0.05) is 12.4 Å². The lowest BCUT2D eigenvalue weighted by atomic mass is 10.2. The summed E-state index contributed by atoms with van der Waals surface area (Å²) < 4.78 is 0.475. The number of hydrogen-bond acceptors (Lipinski definition) is 4. The Morgan fingerprint density at radius 1 is 1.24 bits per heavy atom. The summed E-state index contributed by atoms with van der Waals surface area (Å²) in [4.78, 5) is 18.6. The number of benzene rings is 1. The molecule has 2 heterocycles. The second-order valence-corrected chi connectivity index (χ2v) is 6.34. The minimum absolute atomic E-state index is 0.165. The predicted octanol–water partition coefficient (Wildman–Crippen LogP) is 4.14. The molecule has 104 valence electrons. The Hall–Kier alpha value is -1.69. The van der Waals surface area contributed by atoms with Crippen LogP contribution in [0.1, 0.15) is 5.56 Å². The van der Waals surface area contributed by atoms with Gasteiger partial charge in [-0.15, -0.1) is 0 Å². The maximum Gasteiger partial charge on any atom is 0.270 e. The van der Waals surface area contributed by atoms with Crippen molar-refractivity contribution >= 4 is 57.6 Å². The maximum atomic E-state index is 12.5. The molecule has 0 spiro atoms. The molecule has 1 saturated heterocycles. The number of anilines is 1. The van der Waals surface area contributed by atoms with Crippen LogP contribution in [0.5, 0.6) is 0 Å². The summed E-state index contributed by atoms with van der Waals surface area (Å²) in [5.41, 5.74) is 1.47. The van der Waals surface area contributed by atoms with Crippen LogP contribution in [0.2, 0.25) is 5.02 Å². The second kappa shape index (κ2) is 5.97. The molecule has 0 saturated carbocycles. The van der Waals surface area contributed by atoms with E-state index in [-0.39, 0.29) is 5.91 Å². The molecule has 1 aliphatic heterocycles. The largest absolute Gasteiger partial charge is 0.270 e. The van der Waals surface area contributed by atoms with Crippen LogP contribution in [0.25, 0.3) is 6.08 Å². The maximum absolute atomic E-state index is 12.5. The van der Waals surface area contributed by atoms with Gasteiger partial charge in [0.05, 0.1) is 15.6 Å². The Balaban J connectivity index is 1.97. The molecule has 2 aromatic rings. The zero-order chi connectivity index (χ0) is 14.8. The van der Waals surface area contributed by atoms with Crippen molar-refractivity contribution in [1.82, 2.24) is 4.98 Å². The van der Waals surface area contributed by atoms with Gasteiger partial charge >= 0.3 is 0 Å². The molecule has 1 aromatic heterocycles. The highest BCUT2D eigenvalue weighted by Crippen LogP contribution is 2.38. The van der Waals surface area contributed by atoms with Gasteiger partial charge in [-0.1, -0.05) is 53.8 Å². The van der Waals surface area contributed by atoms with Crippen molar-refractivity contribution in [2.45, 2.75) is 0 Å². The van der Waals surface area contributed by atoms with Crippen LogP contribution in [-0.4, -0.2) is 15.2 Å². The van der Waals surface area contributed by atoms with E-state index in [2.05, 4.69) is 4.98 Å². The molecule has 6 heteroatoms. The Labute approximate surface area is 136 Å². The molecule has 1 aliphatic rings. The van der Waals surface area contributed by atoms with E-state index in [9.17, 15) is 4.79 Å². The average Bonchev–Trinajstić information content (AvgIpc) is 2.76. The fraction of sp³-hybridized carbons (Fsp3) is 0. The zero-order valence-corrected chi connectivity index (χ0v) is 13.1. The summed E-state index contributed by atoms with van der Waals surface area (Å²) in [6.07, 6.45) is 5.16. The van der Waals surface area contributed by atoms with Gasteiger partial charge in [-0.3, -0.25) is 14.7 Å². The summed E-state index contributed by atoms with van der Waals surface area (Å²) >= 11 is 12.7. The Bertz CT molecular complexity index is 746. The highest BCUT2D eigenvalue weighted by molar-refractivity contribution is 8.27. The lowest BCUT2D eigenvalue weighted by Crippen LogP contribution is -2.27. The molecule has 0 atom stereocenters. The minimum Gasteiger partial charge on any atom is -0.268 e. The molecule has 1 aromatic carbocycles. The molecule has 3 rings (SSSR count). The Morgan fingerprint density at radius 3 is 2.76 bits per heavy atom. The van der Waals surface area contributed by atoms with E-state index in [4.69, 9.17) is 23.8 Å². The predicted molar refractivity (Wildman–Crippen MR) is 91.3 cm³/mol. The van der Waals surface area contributed by atoms with Crippen LogP contribution in [-0.2, 0) is 4.79 Å². The van der Waals surface area contributed by atoms with Crippen LogP contribution >= 0.6 is 35.6 Å². The van der Waals surface area contributed by atoms with Gasteiger partial charge in [-0.2, -0.15) is 0 Å². The van der Waals surface area contributed by atoms with E-state index in [1.807, 2.05) is 24.3 Å². The topological polar surface area (TPSA) is 33.2 Å². The number of hydrogen-bond donors (Lipinski definition) is 0. The smallest absolute Gasteiger partial charge is 0.268 e. The highest BCUT2D eigenvalue weighted by atomic mass is 35.5. The number of halogens is 1. The fourth-order valence-corrected chi connectivity index (χ4v) is 3.43. The Morgan fingerprint density at radius 2 is 2.05 bits per heavy atom. The first-order chi connectivity index (χ1) is 10.2. The van der Waals surface area contributed by atoms with Crippen LogP contribution in [0.4, 0.5) is 5.69 Å². The van der Waals surface area contributed by atoms with Crippen molar-refractivity contribution in [2.24, 2.45) is 0 Å². The van der Waals surface area contributed by atoms with Crippen LogP contribution in [0.15, 0.2) is 53.7 Å². The molecular weight excluding hydrogens is 324 g/mol. The normalized spacial score (nSPS) is 16.8. The van der Waals surface area contributed by atoms with Crippen molar-refractivity contribution in [3.8, 4) is 0 Å². The van der Waals surface area contributed by atoms with Gasteiger partial charge < -0.3 is 0 Å². The SMILES string of the molecule is O=C1C(=Cc2cccnc2)SC(=S)N1c1ccccc1Cl. The van der Waals surface area contributed by atoms with E-state index in [1.165, 1.54) is 16.7 Å². The van der Waals surface area contributed by atoms with Gasteiger partial charge in [0.25, 0.3) is 5.91 Å². The van der Waals surface area contributed by atoms with Crippen LogP contribution < -0.4 is 4.90 Å². The number of aromatic nitrogens is 1. The number of pyridine rings is 1. The van der Waals surface area contributed by atoms with E-state index >= 15 is 0 Å². The van der Waals surface area contributed by atoms with Crippen molar-refractivity contribution in [1.29, 1.82) is 0 Å². The van der Waals surface area contributed by atoms with Crippen molar-refractivity contribution in [2.75, 3.05) is 4.90 Å². The van der Waals surface area contributed by atoms with Crippen LogP contribution in [0.3, 0.4) is 0 Å². The van der Waals surface area contributed by atoms with E-state index < -0.39 is 0 Å². The monoisotopic (exact) mass is 332 g/mol. The third kappa shape index (κ3) is 2.85. The number of rotatable bonds is 2. The number of carbonyl (C=O) groups is 1. The van der Waals surface area contributed by atoms with Gasteiger partial charge in [-0.05, 0) is 29.8 Å². The Kier molecular flexibility index (Phi) is 4.05. The minimum atomic E-state index is -0.165.